The molecule has 2 aromatic rings. The van der Waals surface area contributed by atoms with Crippen molar-refractivity contribution in [2.24, 2.45) is 5.10 Å². The summed E-state index contributed by atoms with van der Waals surface area (Å²) in [5, 5.41) is 14.8. The number of hydrazone groups is 1. The molecule has 1 atom stereocenters. The fourth-order valence-electron chi connectivity index (χ4n) is 2.78. The van der Waals surface area contributed by atoms with E-state index in [0.717, 1.165) is 40.2 Å². The molecule has 0 aliphatic heterocycles. The maximum absolute atomic E-state index is 12.5. The number of carbonyl (C=O) groups excluding carboxylic acids is 1. The van der Waals surface area contributed by atoms with Crippen LogP contribution in [0.3, 0.4) is 0 Å². The highest BCUT2D eigenvalue weighted by atomic mass is 35.5. The smallest absolute Gasteiger partial charge is 0.281 e. The molecule has 3 rings (SSSR count). The normalized spacial score (nSPS) is 17.0. The molecule has 1 heterocycles. The van der Waals surface area contributed by atoms with Gasteiger partial charge in [-0.05, 0) is 37.1 Å². The van der Waals surface area contributed by atoms with Crippen molar-refractivity contribution in [1.29, 1.82) is 0 Å². The maximum Gasteiger partial charge on any atom is 0.281 e. The number of hydrogen-bond acceptors (Lipinski definition) is 5. The zero-order chi connectivity index (χ0) is 17.1. The Morgan fingerprint density at radius 1 is 1.50 bits per heavy atom. The van der Waals surface area contributed by atoms with Crippen LogP contribution in [-0.2, 0) is 6.42 Å². The van der Waals surface area contributed by atoms with Gasteiger partial charge in [0.1, 0.15) is 0 Å². The van der Waals surface area contributed by atoms with Crippen molar-refractivity contribution in [2.75, 3.05) is 6.26 Å². The number of nitrogens with zero attached hydrogens (tertiary/aromatic N) is 1. The van der Waals surface area contributed by atoms with Crippen LogP contribution >= 0.6 is 34.7 Å². The van der Waals surface area contributed by atoms with Crippen LogP contribution in [-0.4, -0.2) is 23.5 Å². The number of hydrogen-bond donors (Lipinski definition) is 2. The molecule has 0 bridgehead atoms. The van der Waals surface area contributed by atoms with E-state index < -0.39 is 6.10 Å². The van der Waals surface area contributed by atoms with Gasteiger partial charge in [0, 0.05) is 16.1 Å². The lowest BCUT2D eigenvalue weighted by Gasteiger charge is -2.19. The maximum atomic E-state index is 12.5. The highest BCUT2D eigenvalue weighted by molar-refractivity contribution is 8.00. The molecular weight excluding hydrogens is 364 g/mol. The van der Waals surface area contributed by atoms with Crippen LogP contribution in [0.5, 0.6) is 0 Å². The van der Waals surface area contributed by atoms with Gasteiger partial charge in [-0.25, -0.2) is 5.43 Å². The predicted octanol–water partition coefficient (Wildman–Crippen LogP) is 4.26. The van der Waals surface area contributed by atoms with Crippen LogP contribution < -0.4 is 5.43 Å². The number of rotatable bonds is 4. The summed E-state index contributed by atoms with van der Waals surface area (Å²) in [5.74, 6) is -0.242. The van der Waals surface area contributed by atoms with E-state index in [-0.39, 0.29) is 5.91 Å². The molecule has 2 N–H and O–H groups in total. The Kier molecular flexibility index (Phi) is 5.61. The average Bonchev–Trinajstić information content (AvgIpc) is 2.97. The van der Waals surface area contributed by atoms with Gasteiger partial charge in [-0.15, -0.1) is 23.1 Å². The number of thioether (sulfide) groups is 1. The molecule has 0 radical (unpaired) electrons. The Balaban J connectivity index is 1.80. The molecule has 1 aromatic heterocycles. The van der Waals surface area contributed by atoms with Crippen LogP contribution in [0.1, 0.15) is 45.3 Å². The molecule has 1 unspecified atom stereocenters. The Bertz CT molecular complexity index is 789. The van der Waals surface area contributed by atoms with E-state index in [1.807, 2.05) is 24.5 Å². The van der Waals surface area contributed by atoms with Crippen molar-refractivity contribution < 1.29 is 9.90 Å². The lowest BCUT2D eigenvalue weighted by Crippen LogP contribution is -2.19. The fourth-order valence-corrected chi connectivity index (χ4v) is 5.06. The Hall–Kier alpha value is -1.34. The number of halogens is 1. The first-order chi connectivity index (χ1) is 11.6. The molecule has 0 saturated heterocycles. The quantitative estimate of drug-likeness (QED) is 0.473. The van der Waals surface area contributed by atoms with E-state index in [0.29, 0.717) is 9.90 Å². The van der Waals surface area contributed by atoms with E-state index in [1.165, 1.54) is 17.6 Å². The predicted molar refractivity (Wildman–Crippen MR) is 101 cm³/mol. The molecule has 4 nitrogen and oxygen atoms in total. The van der Waals surface area contributed by atoms with Crippen LogP contribution in [0.4, 0.5) is 0 Å². The summed E-state index contributed by atoms with van der Waals surface area (Å²) >= 11 is 9.06. The van der Waals surface area contributed by atoms with Gasteiger partial charge < -0.3 is 5.11 Å². The molecule has 1 aliphatic rings. The van der Waals surface area contributed by atoms with Crippen LogP contribution in [0.25, 0.3) is 0 Å². The van der Waals surface area contributed by atoms with Crippen molar-refractivity contribution in [3.8, 4) is 0 Å². The molecule has 126 valence electrons. The van der Waals surface area contributed by atoms with Gasteiger partial charge >= 0.3 is 0 Å². The van der Waals surface area contributed by atoms with Crippen LogP contribution in [0, 0.1) is 0 Å². The number of thiophene rings is 1. The van der Waals surface area contributed by atoms with Gasteiger partial charge in [0.15, 0.2) is 0 Å². The Morgan fingerprint density at radius 2 is 2.29 bits per heavy atom. The van der Waals surface area contributed by atoms with Gasteiger partial charge in [-0.1, -0.05) is 29.8 Å². The second-order valence-electron chi connectivity index (χ2n) is 5.44. The first kappa shape index (κ1) is 17.5. The number of nitrogens with one attached hydrogen (secondary N) is 1. The van der Waals surface area contributed by atoms with E-state index >= 15 is 0 Å². The standard InChI is InChI=1S/C17H17ClN2O2S2/c1-23-17-14-11(6-4-8-13(14)21)15(24-17)16(22)20-19-9-10-5-2-3-7-12(10)18/h2-3,5,7,9,13,21H,4,6,8H2,1H3,(H,20,22)/b19-9-. The van der Waals surface area contributed by atoms with Gasteiger partial charge in [0.25, 0.3) is 5.91 Å². The van der Waals surface area contributed by atoms with E-state index in [9.17, 15) is 9.90 Å². The lowest BCUT2D eigenvalue weighted by atomic mass is 9.91. The zero-order valence-corrected chi connectivity index (χ0v) is 15.5. The average molecular weight is 381 g/mol. The number of aliphatic hydroxyl groups excluding tert-OH is 1. The summed E-state index contributed by atoms with van der Waals surface area (Å²) in [4.78, 5) is 13.1. The first-order valence-electron chi connectivity index (χ1n) is 7.57. The van der Waals surface area contributed by atoms with Crippen molar-refractivity contribution in [3.05, 3.63) is 50.9 Å². The Labute approximate surface area is 153 Å². The third-order valence-electron chi connectivity index (χ3n) is 3.92. The van der Waals surface area contributed by atoms with E-state index in [4.69, 9.17) is 11.6 Å². The summed E-state index contributed by atoms with van der Waals surface area (Å²) in [5.41, 5.74) is 5.21. The molecule has 0 spiro atoms. The van der Waals surface area contributed by atoms with Gasteiger partial charge in [-0.2, -0.15) is 5.10 Å². The number of carbonyl (C=O) groups is 1. The molecule has 0 saturated carbocycles. The second-order valence-corrected chi connectivity index (χ2v) is 7.95. The molecule has 24 heavy (non-hydrogen) atoms. The summed E-state index contributed by atoms with van der Waals surface area (Å²) in [6, 6.07) is 7.29. The van der Waals surface area contributed by atoms with Crippen LogP contribution in [0.15, 0.2) is 33.6 Å². The first-order valence-corrected chi connectivity index (χ1v) is 9.99. The summed E-state index contributed by atoms with van der Waals surface area (Å²) in [6.45, 7) is 0. The zero-order valence-electron chi connectivity index (χ0n) is 13.1. The van der Waals surface area contributed by atoms with Crippen molar-refractivity contribution in [2.45, 2.75) is 29.6 Å². The minimum Gasteiger partial charge on any atom is -0.388 e. The highest BCUT2D eigenvalue weighted by Crippen LogP contribution is 2.43. The number of amides is 1. The molecule has 7 heteroatoms. The molecule has 1 aromatic carbocycles. The monoisotopic (exact) mass is 380 g/mol. The second kappa shape index (κ2) is 7.70. The van der Waals surface area contributed by atoms with Crippen LogP contribution in [0.2, 0.25) is 5.02 Å². The molecular formula is C17H17ClN2O2S2. The van der Waals surface area contributed by atoms with Crippen molar-refractivity contribution >= 4 is 46.8 Å². The van der Waals surface area contributed by atoms with E-state index in [1.54, 1.807) is 17.8 Å². The van der Waals surface area contributed by atoms with Gasteiger partial charge in [0.2, 0.25) is 0 Å². The highest BCUT2D eigenvalue weighted by Gasteiger charge is 2.29. The fraction of sp³-hybridized carbons (Fsp3) is 0.294. The number of benzene rings is 1. The number of aliphatic hydroxyl groups is 1. The van der Waals surface area contributed by atoms with Gasteiger partial charge in [-0.3, -0.25) is 4.79 Å². The van der Waals surface area contributed by atoms with Gasteiger partial charge in [0.05, 0.1) is 21.4 Å². The number of fused-ring (bicyclic) bond motifs is 1. The minimum absolute atomic E-state index is 0.242. The summed E-state index contributed by atoms with van der Waals surface area (Å²) < 4.78 is 1.01. The third-order valence-corrected chi connectivity index (χ3v) is 6.64. The minimum atomic E-state index is -0.472. The van der Waals surface area contributed by atoms with Crippen molar-refractivity contribution in [3.63, 3.8) is 0 Å². The summed E-state index contributed by atoms with van der Waals surface area (Å²) in [6.07, 6.45) is 5.49. The molecule has 0 fully saturated rings. The summed E-state index contributed by atoms with van der Waals surface area (Å²) in [7, 11) is 0. The molecule has 1 aliphatic carbocycles. The topological polar surface area (TPSA) is 61.7 Å². The largest absolute Gasteiger partial charge is 0.388 e. The SMILES string of the molecule is CSc1sc(C(=O)N/N=C\c2ccccc2Cl)c2c1C(O)CCC2. The van der Waals surface area contributed by atoms with Crippen molar-refractivity contribution in [1.82, 2.24) is 5.43 Å². The Morgan fingerprint density at radius 3 is 3.04 bits per heavy atom. The lowest BCUT2D eigenvalue weighted by molar-refractivity contribution is 0.0957. The third kappa shape index (κ3) is 3.52. The van der Waals surface area contributed by atoms with E-state index in [2.05, 4.69) is 10.5 Å². The molecule has 1 amide bonds.